The highest BCUT2D eigenvalue weighted by atomic mass is 16.5. The molecule has 3 aromatic rings. The van der Waals surface area contributed by atoms with Crippen molar-refractivity contribution in [1.29, 1.82) is 0 Å². The topological polar surface area (TPSA) is 41.6 Å². The molecule has 4 nitrogen and oxygen atoms in total. The van der Waals surface area contributed by atoms with Gasteiger partial charge in [0.15, 0.2) is 0 Å². The fraction of sp³-hybridized carbons (Fsp3) is 0.346. The van der Waals surface area contributed by atoms with Gasteiger partial charge in [-0.15, -0.1) is 0 Å². The van der Waals surface area contributed by atoms with Crippen molar-refractivity contribution < 1.29 is 9.53 Å². The molecule has 4 rings (SSSR count). The number of nitrogens with zero attached hydrogens (tertiary/aromatic N) is 1. The van der Waals surface area contributed by atoms with Crippen LogP contribution in [0, 0.1) is 0 Å². The summed E-state index contributed by atoms with van der Waals surface area (Å²) in [5.74, 6) is -0.0746. The van der Waals surface area contributed by atoms with Gasteiger partial charge in [-0.05, 0) is 35.6 Å². The summed E-state index contributed by atoms with van der Waals surface area (Å²) < 4.78 is 5.53. The van der Waals surface area contributed by atoms with Crippen molar-refractivity contribution in [2.75, 3.05) is 31.6 Å². The van der Waals surface area contributed by atoms with Crippen LogP contribution in [0.15, 0.2) is 66.7 Å². The number of nitrogens with one attached hydrogen (secondary N) is 1. The molecule has 0 aromatic heterocycles. The van der Waals surface area contributed by atoms with Gasteiger partial charge in [-0.3, -0.25) is 9.69 Å². The Morgan fingerprint density at radius 3 is 2.50 bits per heavy atom. The van der Waals surface area contributed by atoms with Crippen molar-refractivity contribution in [3.63, 3.8) is 0 Å². The summed E-state index contributed by atoms with van der Waals surface area (Å²) in [7, 11) is 0. The van der Waals surface area contributed by atoms with Gasteiger partial charge in [-0.2, -0.15) is 0 Å². The van der Waals surface area contributed by atoms with Crippen LogP contribution in [0.3, 0.4) is 0 Å². The molecule has 1 heterocycles. The maximum Gasteiger partial charge on any atom is 0.255 e. The molecule has 0 spiro atoms. The van der Waals surface area contributed by atoms with Crippen molar-refractivity contribution in [3.8, 4) is 0 Å². The second-order valence-corrected chi connectivity index (χ2v) is 7.91. The van der Waals surface area contributed by atoms with Crippen molar-refractivity contribution in [3.05, 3.63) is 77.9 Å². The standard InChI is InChI=1S/C26H30N2O2/c1-2-3-11-25(28-16-18-30-19-17-28)21-12-14-22(15-13-21)26(29)27-24-10-6-8-20-7-4-5-9-23(20)24/h4-10,12-15,25H,2-3,11,16-19H2,1H3,(H,27,29). The molecule has 1 unspecified atom stereocenters. The minimum absolute atomic E-state index is 0.0746. The number of unbranched alkanes of at least 4 members (excludes halogenated alkanes) is 1. The summed E-state index contributed by atoms with van der Waals surface area (Å²) >= 11 is 0. The SMILES string of the molecule is CCCCC(c1ccc(C(=O)Nc2cccc3ccccc23)cc1)N1CCOCC1. The molecule has 1 aliphatic rings. The summed E-state index contributed by atoms with van der Waals surface area (Å²) in [4.78, 5) is 15.4. The number of anilines is 1. The van der Waals surface area contributed by atoms with Gasteiger partial charge in [0.2, 0.25) is 0 Å². The second-order valence-electron chi connectivity index (χ2n) is 7.91. The van der Waals surface area contributed by atoms with Gasteiger partial charge in [-0.1, -0.05) is 68.3 Å². The van der Waals surface area contributed by atoms with Gasteiger partial charge in [0.25, 0.3) is 5.91 Å². The van der Waals surface area contributed by atoms with E-state index in [0.29, 0.717) is 11.6 Å². The average molecular weight is 403 g/mol. The van der Waals surface area contributed by atoms with E-state index in [2.05, 4.69) is 41.4 Å². The number of ether oxygens (including phenoxy) is 1. The molecule has 1 saturated heterocycles. The van der Waals surface area contributed by atoms with Crippen molar-refractivity contribution in [2.24, 2.45) is 0 Å². The Labute approximate surface area is 178 Å². The predicted octanol–water partition coefficient (Wildman–Crippen LogP) is 5.66. The first-order chi connectivity index (χ1) is 14.8. The normalized spacial score (nSPS) is 15.8. The van der Waals surface area contributed by atoms with Gasteiger partial charge in [0.1, 0.15) is 0 Å². The van der Waals surface area contributed by atoms with Crippen molar-refractivity contribution >= 4 is 22.4 Å². The van der Waals surface area contributed by atoms with Gasteiger partial charge in [-0.25, -0.2) is 0 Å². The molecular weight excluding hydrogens is 372 g/mol. The summed E-state index contributed by atoms with van der Waals surface area (Å²) in [6.07, 6.45) is 3.52. The number of fused-ring (bicyclic) bond motifs is 1. The molecule has 1 fully saturated rings. The maximum absolute atomic E-state index is 12.9. The lowest BCUT2D eigenvalue weighted by Crippen LogP contribution is -2.39. The number of carbonyl (C=O) groups is 1. The molecule has 0 bridgehead atoms. The summed E-state index contributed by atoms with van der Waals surface area (Å²) in [6.45, 7) is 5.77. The molecule has 1 amide bonds. The lowest BCUT2D eigenvalue weighted by atomic mass is 9.97. The highest BCUT2D eigenvalue weighted by Crippen LogP contribution is 2.28. The molecule has 30 heavy (non-hydrogen) atoms. The van der Waals surface area contributed by atoms with Crippen LogP contribution in [0.4, 0.5) is 5.69 Å². The Balaban J connectivity index is 1.50. The third-order valence-corrected chi connectivity index (χ3v) is 5.91. The van der Waals surface area contributed by atoms with E-state index in [0.717, 1.165) is 49.2 Å². The van der Waals surface area contributed by atoms with E-state index in [1.807, 2.05) is 42.5 Å². The lowest BCUT2D eigenvalue weighted by Gasteiger charge is -2.35. The smallest absolute Gasteiger partial charge is 0.255 e. The molecule has 156 valence electrons. The Kier molecular flexibility index (Phi) is 6.77. The van der Waals surface area contributed by atoms with Crippen LogP contribution < -0.4 is 5.32 Å². The van der Waals surface area contributed by atoms with E-state index in [4.69, 9.17) is 4.74 Å². The number of benzene rings is 3. The van der Waals surface area contributed by atoms with Crippen LogP contribution in [0.2, 0.25) is 0 Å². The van der Waals surface area contributed by atoms with Crippen LogP contribution in [0.5, 0.6) is 0 Å². The maximum atomic E-state index is 12.9. The summed E-state index contributed by atoms with van der Waals surface area (Å²) in [6, 6.07) is 22.6. The Bertz CT molecular complexity index is 972. The van der Waals surface area contributed by atoms with Gasteiger partial charge >= 0.3 is 0 Å². The van der Waals surface area contributed by atoms with Crippen LogP contribution in [-0.2, 0) is 4.74 Å². The van der Waals surface area contributed by atoms with Gasteiger partial charge in [0, 0.05) is 35.8 Å². The Morgan fingerprint density at radius 2 is 1.73 bits per heavy atom. The van der Waals surface area contributed by atoms with Crippen LogP contribution in [-0.4, -0.2) is 37.1 Å². The van der Waals surface area contributed by atoms with Crippen molar-refractivity contribution in [2.45, 2.75) is 32.2 Å². The number of hydrogen-bond acceptors (Lipinski definition) is 3. The molecule has 1 atom stereocenters. The molecule has 1 aliphatic heterocycles. The summed E-state index contributed by atoms with van der Waals surface area (Å²) in [5.41, 5.74) is 2.81. The van der Waals surface area contributed by atoms with E-state index < -0.39 is 0 Å². The van der Waals surface area contributed by atoms with Crippen LogP contribution in [0.1, 0.15) is 48.1 Å². The zero-order valence-electron chi connectivity index (χ0n) is 17.6. The number of rotatable bonds is 7. The molecule has 4 heteroatoms. The third kappa shape index (κ3) is 4.72. The zero-order valence-corrected chi connectivity index (χ0v) is 17.6. The average Bonchev–Trinajstić information content (AvgIpc) is 2.81. The van der Waals surface area contributed by atoms with Gasteiger partial charge in [0.05, 0.1) is 13.2 Å². The largest absolute Gasteiger partial charge is 0.379 e. The fourth-order valence-electron chi connectivity index (χ4n) is 4.23. The Morgan fingerprint density at radius 1 is 1.00 bits per heavy atom. The second kappa shape index (κ2) is 9.88. The predicted molar refractivity (Wildman–Crippen MR) is 123 cm³/mol. The van der Waals surface area contributed by atoms with Crippen molar-refractivity contribution in [1.82, 2.24) is 4.90 Å². The third-order valence-electron chi connectivity index (χ3n) is 5.91. The molecular formula is C26H30N2O2. The van der Waals surface area contributed by atoms with E-state index in [-0.39, 0.29) is 5.91 Å². The molecule has 3 aromatic carbocycles. The van der Waals surface area contributed by atoms with E-state index in [9.17, 15) is 4.79 Å². The number of hydrogen-bond donors (Lipinski definition) is 1. The lowest BCUT2D eigenvalue weighted by molar-refractivity contribution is 0.0138. The monoisotopic (exact) mass is 402 g/mol. The molecule has 0 saturated carbocycles. The zero-order chi connectivity index (χ0) is 20.8. The van der Waals surface area contributed by atoms with E-state index in [1.54, 1.807) is 0 Å². The quantitative estimate of drug-likeness (QED) is 0.555. The highest BCUT2D eigenvalue weighted by Gasteiger charge is 2.22. The number of morpholine rings is 1. The number of amides is 1. The minimum atomic E-state index is -0.0746. The summed E-state index contributed by atoms with van der Waals surface area (Å²) in [5, 5.41) is 5.25. The molecule has 0 aliphatic carbocycles. The van der Waals surface area contributed by atoms with Crippen LogP contribution >= 0.6 is 0 Å². The first-order valence-electron chi connectivity index (χ1n) is 11.0. The minimum Gasteiger partial charge on any atom is -0.379 e. The molecule has 0 radical (unpaired) electrons. The van der Waals surface area contributed by atoms with Crippen LogP contribution in [0.25, 0.3) is 10.8 Å². The first kappa shape index (κ1) is 20.6. The van der Waals surface area contributed by atoms with E-state index in [1.165, 1.54) is 18.4 Å². The first-order valence-corrected chi connectivity index (χ1v) is 11.0. The molecule has 1 N–H and O–H groups in total. The fourth-order valence-corrected chi connectivity index (χ4v) is 4.23. The highest BCUT2D eigenvalue weighted by molar-refractivity contribution is 6.09. The van der Waals surface area contributed by atoms with E-state index >= 15 is 0 Å². The number of carbonyl (C=O) groups excluding carboxylic acids is 1. The Hall–Kier alpha value is -2.69. The van der Waals surface area contributed by atoms with Gasteiger partial charge < -0.3 is 10.1 Å².